The van der Waals surface area contributed by atoms with Crippen molar-refractivity contribution in [1.82, 2.24) is 15.2 Å². The Labute approximate surface area is 134 Å². The van der Waals surface area contributed by atoms with Crippen LogP contribution >= 0.6 is 11.6 Å². The van der Waals surface area contributed by atoms with Crippen LogP contribution in [0, 0.1) is 0 Å². The summed E-state index contributed by atoms with van der Waals surface area (Å²) in [6.07, 6.45) is 0.834. The highest BCUT2D eigenvalue weighted by Crippen LogP contribution is 2.29. The van der Waals surface area contributed by atoms with E-state index in [1.54, 1.807) is 0 Å². The number of halogens is 1. The average Bonchev–Trinajstić information content (AvgIpc) is 2.88. The Balaban J connectivity index is 1.71. The molecular formula is C16H20ClN3O2. The molecule has 0 saturated heterocycles. The molecule has 0 fully saturated rings. The maximum absolute atomic E-state index is 12.2. The first-order chi connectivity index (χ1) is 10.7. The third-order valence-corrected chi connectivity index (χ3v) is 4.19. The summed E-state index contributed by atoms with van der Waals surface area (Å²) >= 11 is 6.09. The van der Waals surface area contributed by atoms with E-state index in [1.165, 1.54) is 11.3 Å². The van der Waals surface area contributed by atoms with Crippen LogP contribution in [0.25, 0.3) is 10.9 Å². The molecule has 1 aromatic heterocycles. The van der Waals surface area contributed by atoms with E-state index in [2.05, 4.69) is 10.3 Å². The SMILES string of the molecule is CCOCCNC(=O)N1CCc2[nH]c3ccc(Cl)cc3c2C1. The summed E-state index contributed by atoms with van der Waals surface area (Å²) < 4.78 is 5.23. The number of H-pyrrole nitrogens is 1. The minimum atomic E-state index is -0.0401. The van der Waals surface area contributed by atoms with Gasteiger partial charge in [-0.15, -0.1) is 0 Å². The van der Waals surface area contributed by atoms with Crippen LogP contribution in [0.1, 0.15) is 18.2 Å². The smallest absolute Gasteiger partial charge is 0.317 e. The van der Waals surface area contributed by atoms with Gasteiger partial charge in [-0.2, -0.15) is 0 Å². The first-order valence-electron chi connectivity index (χ1n) is 7.58. The second-order valence-electron chi connectivity index (χ2n) is 5.37. The van der Waals surface area contributed by atoms with Crippen LogP contribution in [0.5, 0.6) is 0 Å². The number of amides is 2. The predicted octanol–water partition coefficient (Wildman–Crippen LogP) is 2.93. The van der Waals surface area contributed by atoms with Gasteiger partial charge in [-0.25, -0.2) is 4.79 Å². The number of benzene rings is 1. The first kappa shape index (κ1) is 15.2. The van der Waals surface area contributed by atoms with Crippen molar-refractivity contribution in [3.63, 3.8) is 0 Å². The van der Waals surface area contributed by atoms with Crippen LogP contribution < -0.4 is 5.32 Å². The third kappa shape index (κ3) is 3.05. The number of fused-ring (bicyclic) bond motifs is 3. The molecule has 0 bridgehead atoms. The molecule has 2 N–H and O–H groups in total. The summed E-state index contributed by atoms with van der Waals surface area (Å²) in [5.41, 5.74) is 3.45. The monoisotopic (exact) mass is 321 g/mol. The number of hydrogen-bond donors (Lipinski definition) is 2. The van der Waals surface area contributed by atoms with Crippen molar-refractivity contribution in [3.05, 3.63) is 34.5 Å². The summed E-state index contributed by atoms with van der Waals surface area (Å²) in [6.45, 7) is 5.01. The molecule has 0 radical (unpaired) electrons. The second-order valence-corrected chi connectivity index (χ2v) is 5.81. The lowest BCUT2D eigenvalue weighted by Gasteiger charge is -2.27. The van der Waals surface area contributed by atoms with Gasteiger partial charge in [0, 0.05) is 59.8 Å². The van der Waals surface area contributed by atoms with Gasteiger partial charge >= 0.3 is 6.03 Å². The van der Waals surface area contributed by atoms with Gasteiger partial charge in [0.2, 0.25) is 0 Å². The number of aromatic nitrogens is 1. The normalized spacial score (nSPS) is 14.2. The topological polar surface area (TPSA) is 57.4 Å². The molecule has 0 spiro atoms. The number of carbonyl (C=O) groups is 1. The molecule has 22 heavy (non-hydrogen) atoms. The van der Waals surface area contributed by atoms with Gasteiger partial charge in [-0.3, -0.25) is 0 Å². The Morgan fingerprint density at radius 3 is 3.18 bits per heavy atom. The van der Waals surface area contributed by atoms with E-state index in [0.29, 0.717) is 37.9 Å². The molecule has 1 aromatic carbocycles. The number of nitrogens with zero attached hydrogens (tertiary/aromatic N) is 1. The maximum Gasteiger partial charge on any atom is 0.317 e. The fourth-order valence-corrected chi connectivity index (χ4v) is 3.02. The van der Waals surface area contributed by atoms with E-state index < -0.39 is 0 Å². The summed E-state index contributed by atoms with van der Waals surface area (Å²) in [6, 6.07) is 5.79. The van der Waals surface area contributed by atoms with E-state index in [9.17, 15) is 4.79 Å². The summed E-state index contributed by atoms with van der Waals surface area (Å²) in [5.74, 6) is 0. The van der Waals surface area contributed by atoms with Crippen molar-refractivity contribution < 1.29 is 9.53 Å². The van der Waals surface area contributed by atoms with Crippen LogP contribution in [0.4, 0.5) is 4.79 Å². The summed E-state index contributed by atoms with van der Waals surface area (Å²) in [5, 5.41) is 4.72. The minimum Gasteiger partial charge on any atom is -0.380 e. The number of rotatable bonds is 4. The maximum atomic E-state index is 12.2. The molecule has 2 amide bonds. The average molecular weight is 322 g/mol. The molecule has 1 aliphatic rings. The van der Waals surface area contributed by atoms with Crippen LogP contribution in [0.15, 0.2) is 18.2 Å². The molecule has 5 nitrogen and oxygen atoms in total. The van der Waals surface area contributed by atoms with E-state index in [4.69, 9.17) is 16.3 Å². The van der Waals surface area contributed by atoms with Gasteiger partial charge in [0.25, 0.3) is 0 Å². The molecule has 3 rings (SSSR count). The molecule has 0 aliphatic carbocycles. The standard InChI is InChI=1S/C16H20ClN3O2/c1-2-22-8-6-18-16(21)20-7-5-15-13(10-20)12-9-11(17)3-4-14(12)19-15/h3-4,9,19H,2,5-8,10H2,1H3,(H,18,21). The fraction of sp³-hybridized carbons (Fsp3) is 0.438. The van der Waals surface area contributed by atoms with E-state index in [0.717, 1.165) is 17.3 Å². The van der Waals surface area contributed by atoms with E-state index in [-0.39, 0.29) is 6.03 Å². The number of urea groups is 1. The number of hydrogen-bond acceptors (Lipinski definition) is 2. The minimum absolute atomic E-state index is 0.0401. The molecule has 6 heteroatoms. The van der Waals surface area contributed by atoms with Crippen LogP contribution in [0.2, 0.25) is 5.02 Å². The molecule has 2 heterocycles. The van der Waals surface area contributed by atoms with Crippen LogP contribution in [0.3, 0.4) is 0 Å². The molecule has 0 saturated carbocycles. The van der Waals surface area contributed by atoms with Gasteiger partial charge in [0.15, 0.2) is 0 Å². The Kier molecular flexibility index (Phi) is 4.55. The van der Waals surface area contributed by atoms with Crippen molar-refractivity contribution in [2.24, 2.45) is 0 Å². The van der Waals surface area contributed by atoms with Crippen LogP contribution in [-0.4, -0.2) is 42.2 Å². The number of nitrogens with one attached hydrogen (secondary N) is 2. The van der Waals surface area contributed by atoms with Crippen LogP contribution in [-0.2, 0) is 17.7 Å². The Hall–Kier alpha value is -1.72. The Bertz CT molecular complexity index is 683. The lowest BCUT2D eigenvalue weighted by molar-refractivity contribution is 0.144. The zero-order chi connectivity index (χ0) is 15.5. The number of carbonyl (C=O) groups excluding carboxylic acids is 1. The highest BCUT2D eigenvalue weighted by molar-refractivity contribution is 6.31. The molecular weight excluding hydrogens is 302 g/mol. The second kappa shape index (κ2) is 6.58. The first-order valence-corrected chi connectivity index (χ1v) is 7.96. The third-order valence-electron chi connectivity index (χ3n) is 3.95. The van der Waals surface area contributed by atoms with Gasteiger partial charge in [-0.05, 0) is 25.1 Å². The van der Waals surface area contributed by atoms with E-state index in [1.807, 2.05) is 30.0 Å². The number of aromatic amines is 1. The predicted molar refractivity (Wildman–Crippen MR) is 87.3 cm³/mol. The molecule has 2 aromatic rings. The summed E-state index contributed by atoms with van der Waals surface area (Å²) in [7, 11) is 0. The van der Waals surface area contributed by atoms with Gasteiger partial charge in [-0.1, -0.05) is 11.6 Å². The summed E-state index contributed by atoms with van der Waals surface area (Å²) in [4.78, 5) is 17.5. The Morgan fingerprint density at radius 1 is 1.50 bits per heavy atom. The Morgan fingerprint density at radius 2 is 2.36 bits per heavy atom. The highest BCUT2D eigenvalue weighted by atomic mass is 35.5. The molecule has 1 aliphatic heterocycles. The lowest BCUT2D eigenvalue weighted by Crippen LogP contribution is -2.43. The zero-order valence-electron chi connectivity index (χ0n) is 12.6. The van der Waals surface area contributed by atoms with Gasteiger partial charge < -0.3 is 19.9 Å². The largest absolute Gasteiger partial charge is 0.380 e. The van der Waals surface area contributed by atoms with Gasteiger partial charge in [0.05, 0.1) is 6.61 Å². The van der Waals surface area contributed by atoms with Crippen molar-refractivity contribution >= 4 is 28.5 Å². The number of ether oxygens (including phenoxy) is 1. The van der Waals surface area contributed by atoms with Gasteiger partial charge in [0.1, 0.15) is 0 Å². The molecule has 118 valence electrons. The van der Waals surface area contributed by atoms with Crippen molar-refractivity contribution in [2.45, 2.75) is 19.9 Å². The quantitative estimate of drug-likeness (QED) is 0.851. The van der Waals surface area contributed by atoms with E-state index >= 15 is 0 Å². The molecule has 0 atom stereocenters. The van der Waals surface area contributed by atoms with Crippen molar-refractivity contribution in [3.8, 4) is 0 Å². The highest BCUT2D eigenvalue weighted by Gasteiger charge is 2.23. The lowest BCUT2D eigenvalue weighted by atomic mass is 10.0. The molecule has 0 unspecified atom stereocenters. The zero-order valence-corrected chi connectivity index (χ0v) is 13.4. The van der Waals surface area contributed by atoms with Crippen molar-refractivity contribution in [2.75, 3.05) is 26.3 Å². The fourth-order valence-electron chi connectivity index (χ4n) is 2.85. The van der Waals surface area contributed by atoms with Crippen molar-refractivity contribution in [1.29, 1.82) is 0 Å².